The number of amides is 3. The van der Waals surface area contributed by atoms with E-state index in [-0.39, 0.29) is 34.9 Å². The highest BCUT2D eigenvalue weighted by Crippen LogP contribution is 2.49. The number of ether oxygens (including phenoxy) is 1. The van der Waals surface area contributed by atoms with Gasteiger partial charge in [0.1, 0.15) is 23.5 Å². The number of fused-ring (bicyclic) bond motifs is 1. The molecule has 1 saturated heterocycles. The molecule has 2 aliphatic rings. The summed E-state index contributed by atoms with van der Waals surface area (Å²) in [7, 11) is 1.52. The van der Waals surface area contributed by atoms with E-state index in [0.29, 0.717) is 34.5 Å². The van der Waals surface area contributed by atoms with Crippen LogP contribution < -0.4 is 20.7 Å². The number of nitrogens with one attached hydrogen (secondary N) is 4. The van der Waals surface area contributed by atoms with Crippen LogP contribution in [0, 0.1) is 22.7 Å². The smallest absolute Gasteiger partial charge is 0.268 e. The van der Waals surface area contributed by atoms with E-state index in [9.17, 15) is 19.6 Å². The molecule has 3 amide bonds. The third-order valence-electron chi connectivity index (χ3n) is 7.13. The topological polar surface area (TPSA) is 136 Å². The summed E-state index contributed by atoms with van der Waals surface area (Å²) in [6, 6.07) is 5.46. The number of carbonyl (C=O) groups excluding carboxylic acids is 3. The number of nitriles is 1. The first kappa shape index (κ1) is 25.8. The zero-order valence-corrected chi connectivity index (χ0v) is 21.7. The van der Waals surface area contributed by atoms with Crippen molar-refractivity contribution < 1.29 is 19.1 Å². The molecule has 3 unspecified atom stereocenters. The highest BCUT2D eigenvalue weighted by Gasteiger charge is 2.43. The third kappa shape index (κ3) is 5.76. The maximum absolute atomic E-state index is 13.3. The number of benzene rings is 1. The molecule has 192 valence electrons. The molecule has 2 aromatic rings. The molecule has 1 saturated carbocycles. The second kappa shape index (κ2) is 9.66. The van der Waals surface area contributed by atoms with Gasteiger partial charge in [-0.25, -0.2) is 0 Å². The summed E-state index contributed by atoms with van der Waals surface area (Å²) in [5, 5.41) is 19.4. The number of aromatic nitrogens is 1. The molecule has 2 fully saturated rings. The van der Waals surface area contributed by atoms with Gasteiger partial charge in [-0.1, -0.05) is 18.5 Å². The number of nitrogens with zero attached hydrogens (tertiary/aromatic N) is 1. The molecule has 36 heavy (non-hydrogen) atoms. The fourth-order valence-electron chi connectivity index (χ4n) is 4.90. The van der Waals surface area contributed by atoms with Gasteiger partial charge in [0, 0.05) is 21.9 Å². The van der Waals surface area contributed by atoms with E-state index in [1.54, 1.807) is 18.2 Å². The number of hydrogen-bond acceptors (Lipinski definition) is 5. The molecule has 3 atom stereocenters. The fourth-order valence-corrected chi connectivity index (χ4v) is 5.11. The van der Waals surface area contributed by atoms with Crippen molar-refractivity contribution >= 4 is 40.2 Å². The van der Waals surface area contributed by atoms with Crippen LogP contribution in [0.4, 0.5) is 0 Å². The molecule has 0 radical (unpaired) electrons. The Morgan fingerprint density at radius 2 is 1.97 bits per heavy atom. The first-order chi connectivity index (χ1) is 16.9. The van der Waals surface area contributed by atoms with Crippen LogP contribution in [0.3, 0.4) is 0 Å². The van der Waals surface area contributed by atoms with Crippen LogP contribution in [0.15, 0.2) is 18.2 Å². The molecular weight excluding hydrogens is 482 g/mol. The fraction of sp³-hybridized carbons (Fsp3) is 0.538. The average molecular weight is 514 g/mol. The lowest BCUT2D eigenvalue weighted by molar-refractivity contribution is -0.125. The van der Waals surface area contributed by atoms with E-state index in [2.05, 4.69) is 33.9 Å². The van der Waals surface area contributed by atoms with Crippen LogP contribution in [0.25, 0.3) is 10.9 Å². The van der Waals surface area contributed by atoms with Crippen molar-refractivity contribution in [2.45, 2.75) is 70.5 Å². The van der Waals surface area contributed by atoms with Crippen molar-refractivity contribution in [3.05, 3.63) is 28.9 Å². The summed E-state index contributed by atoms with van der Waals surface area (Å²) < 4.78 is 5.37. The molecular formula is C26H32ClN5O4. The molecule has 1 aromatic carbocycles. The zero-order chi connectivity index (χ0) is 26.3. The molecule has 1 aliphatic heterocycles. The Balaban J connectivity index is 1.48. The van der Waals surface area contributed by atoms with Crippen molar-refractivity contribution in [2.24, 2.45) is 11.3 Å². The number of rotatable bonds is 9. The maximum Gasteiger partial charge on any atom is 0.268 e. The lowest BCUT2D eigenvalue weighted by Gasteiger charge is -2.23. The normalized spacial score (nSPS) is 21.2. The molecule has 4 N–H and O–H groups in total. The Kier molecular flexibility index (Phi) is 6.93. The number of H-pyrrole nitrogens is 1. The minimum atomic E-state index is -0.840. The van der Waals surface area contributed by atoms with Gasteiger partial charge in [0.25, 0.3) is 5.91 Å². The quantitative estimate of drug-likeness (QED) is 0.407. The van der Waals surface area contributed by atoms with E-state index >= 15 is 0 Å². The van der Waals surface area contributed by atoms with Gasteiger partial charge < -0.3 is 25.7 Å². The lowest BCUT2D eigenvalue weighted by atomic mass is 9.91. The largest absolute Gasteiger partial charge is 0.496 e. The molecule has 10 heteroatoms. The molecule has 4 rings (SSSR count). The van der Waals surface area contributed by atoms with Crippen LogP contribution >= 0.6 is 11.6 Å². The summed E-state index contributed by atoms with van der Waals surface area (Å²) in [6.07, 6.45) is 3.19. The van der Waals surface area contributed by atoms with Gasteiger partial charge in [-0.15, -0.1) is 0 Å². The van der Waals surface area contributed by atoms with Crippen molar-refractivity contribution in [2.75, 3.05) is 7.11 Å². The second-order valence-corrected chi connectivity index (χ2v) is 11.4. The van der Waals surface area contributed by atoms with Gasteiger partial charge >= 0.3 is 0 Å². The number of carbonyl (C=O) groups is 3. The third-order valence-corrected chi connectivity index (χ3v) is 7.35. The van der Waals surface area contributed by atoms with Gasteiger partial charge in [-0.05, 0) is 69.6 Å². The SMILES string of the molecule is COc1cc(Cl)cc2[nH]c(C(=O)NC(CC3(C)CC3)C(=O)NC(C#N)CC3CC(C)(C)NC3=O)cc12. The van der Waals surface area contributed by atoms with Crippen LogP contribution in [0.2, 0.25) is 5.02 Å². The Bertz CT molecular complexity index is 1240. The Morgan fingerprint density at radius 1 is 1.25 bits per heavy atom. The van der Waals surface area contributed by atoms with Crippen LogP contribution in [0.5, 0.6) is 5.75 Å². The van der Waals surface area contributed by atoms with Gasteiger partial charge in [0.05, 0.1) is 18.7 Å². The number of hydrogen-bond donors (Lipinski definition) is 4. The van der Waals surface area contributed by atoms with Gasteiger partial charge in [0.2, 0.25) is 11.8 Å². The van der Waals surface area contributed by atoms with Crippen molar-refractivity contribution in [1.29, 1.82) is 5.26 Å². The number of methoxy groups -OCH3 is 1. The molecule has 1 aromatic heterocycles. The predicted octanol–water partition coefficient (Wildman–Crippen LogP) is 3.43. The molecule has 0 bridgehead atoms. The van der Waals surface area contributed by atoms with Crippen molar-refractivity contribution in [3.8, 4) is 11.8 Å². The minimum absolute atomic E-state index is 0.0377. The highest BCUT2D eigenvalue weighted by atomic mass is 35.5. The van der Waals surface area contributed by atoms with E-state index in [1.807, 2.05) is 13.8 Å². The maximum atomic E-state index is 13.3. The van der Waals surface area contributed by atoms with E-state index in [0.717, 1.165) is 12.8 Å². The second-order valence-electron chi connectivity index (χ2n) is 11.0. The van der Waals surface area contributed by atoms with Gasteiger partial charge in [-0.3, -0.25) is 14.4 Å². The van der Waals surface area contributed by atoms with Crippen molar-refractivity contribution in [3.63, 3.8) is 0 Å². The van der Waals surface area contributed by atoms with E-state index in [4.69, 9.17) is 16.3 Å². The van der Waals surface area contributed by atoms with Crippen LogP contribution in [0.1, 0.15) is 63.4 Å². The number of aromatic amines is 1. The Labute approximate surface area is 215 Å². The lowest BCUT2D eigenvalue weighted by Crippen LogP contribution is -2.50. The summed E-state index contributed by atoms with van der Waals surface area (Å²) in [5.74, 6) is -0.813. The van der Waals surface area contributed by atoms with E-state index in [1.165, 1.54) is 7.11 Å². The molecule has 0 spiro atoms. The Hall–Kier alpha value is -3.25. The Morgan fingerprint density at radius 3 is 2.56 bits per heavy atom. The summed E-state index contributed by atoms with van der Waals surface area (Å²) >= 11 is 6.14. The van der Waals surface area contributed by atoms with E-state index < -0.39 is 23.9 Å². The molecule has 1 aliphatic carbocycles. The van der Waals surface area contributed by atoms with Crippen LogP contribution in [-0.4, -0.2) is 47.4 Å². The first-order valence-corrected chi connectivity index (χ1v) is 12.5. The van der Waals surface area contributed by atoms with Crippen LogP contribution in [-0.2, 0) is 9.59 Å². The summed E-state index contributed by atoms with van der Waals surface area (Å²) in [5.41, 5.74) is 0.534. The van der Waals surface area contributed by atoms with Gasteiger partial charge in [-0.2, -0.15) is 5.26 Å². The standard InChI is InChI=1S/C26H32ClN5O4/c1-25(2)11-14(22(33)32-25)7-16(13-28)29-24(35)20(12-26(3)5-6-26)31-23(34)19-10-17-18(30-19)8-15(27)9-21(17)36-4/h8-10,14,16,20,30H,5-7,11-12H2,1-4H3,(H,29,35)(H,31,34)(H,32,33). The summed E-state index contributed by atoms with van der Waals surface area (Å²) in [4.78, 5) is 41.7. The average Bonchev–Trinajstić information content (AvgIpc) is 3.26. The first-order valence-electron chi connectivity index (χ1n) is 12.1. The van der Waals surface area contributed by atoms with Crippen molar-refractivity contribution in [1.82, 2.24) is 20.9 Å². The summed E-state index contributed by atoms with van der Waals surface area (Å²) in [6.45, 7) is 5.93. The highest BCUT2D eigenvalue weighted by molar-refractivity contribution is 6.31. The number of halogens is 1. The zero-order valence-electron chi connectivity index (χ0n) is 21.0. The molecule has 2 heterocycles. The molecule has 9 nitrogen and oxygen atoms in total. The minimum Gasteiger partial charge on any atom is -0.496 e. The monoisotopic (exact) mass is 513 g/mol. The van der Waals surface area contributed by atoms with Gasteiger partial charge in [0.15, 0.2) is 0 Å². The predicted molar refractivity (Wildman–Crippen MR) is 136 cm³/mol.